The Hall–Kier alpha value is -0.650. The lowest BCUT2D eigenvalue weighted by atomic mass is 9.91. The van der Waals surface area contributed by atoms with E-state index in [1.807, 2.05) is 6.92 Å². The van der Waals surface area contributed by atoms with Gasteiger partial charge in [-0.25, -0.2) is 0 Å². The van der Waals surface area contributed by atoms with Gasteiger partial charge in [0.1, 0.15) is 0 Å². The number of nitrogens with zero attached hydrogens (tertiary/aromatic N) is 2. The van der Waals surface area contributed by atoms with Crippen LogP contribution >= 0.6 is 0 Å². The fraction of sp³-hybridized carbons (Fsp3) is 0.933. The molecule has 5 nitrogen and oxygen atoms in total. The van der Waals surface area contributed by atoms with Crippen molar-refractivity contribution >= 4 is 5.91 Å². The lowest BCUT2D eigenvalue weighted by Crippen LogP contribution is -2.60. The summed E-state index contributed by atoms with van der Waals surface area (Å²) in [5.74, 6) is -0.224. The quantitative estimate of drug-likeness (QED) is 0.740. The van der Waals surface area contributed by atoms with Crippen LogP contribution in [0.3, 0.4) is 0 Å². The maximum atomic E-state index is 11.9. The number of amides is 1. The number of hydrogen-bond acceptors (Lipinski definition) is 4. The maximum Gasteiger partial charge on any atom is 0.237 e. The molecule has 1 amide bonds. The summed E-state index contributed by atoms with van der Waals surface area (Å²) in [5, 5.41) is 3.45. The number of primary amides is 1. The van der Waals surface area contributed by atoms with Crippen LogP contribution in [0.5, 0.6) is 0 Å². The number of hydrogen-bond donors (Lipinski definition) is 2. The summed E-state index contributed by atoms with van der Waals surface area (Å²) in [4.78, 5) is 16.7. The van der Waals surface area contributed by atoms with E-state index in [4.69, 9.17) is 5.73 Å². The van der Waals surface area contributed by atoms with Crippen LogP contribution in [0, 0.1) is 0 Å². The van der Waals surface area contributed by atoms with Crippen molar-refractivity contribution in [2.45, 2.75) is 63.7 Å². The van der Waals surface area contributed by atoms with Gasteiger partial charge < -0.3 is 16.0 Å². The van der Waals surface area contributed by atoms with E-state index in [0.717, 1.165) is 26.1 Å². The van der Waals surface area contributed by atoms with Crippen LogP contribution in [0.4, 0.5) is 0 Å². The van der Waals surface area contributed by atoms with Crippen LogP contribution in [0.15, 0.2) is 0 Å². The average molecular weight is 282 g/mol. The Labute approximate surface area is 122 Å². The summed E-state index contributed by atoms with van der Waals surface area (Å²) in [6.45, 7) is 9.70. The Kier molecular flexibility index (Phi) is 4.72. The van der Waals surface area contributed by atoms with Crippen molar-refractivity contribution in [3.63, 3.8) is 0 Å². The number of nitrogens with one attached hydrogen (secondary N) is 1. The number of piperazine rings is 1. The molecule has 5 heteroatoms. The SMILES string of the molecule is CC1CN(C)CCN1C(C)CC(C)(NC1CC1)C(N)=O. The fourth-order valence-electron chi connectivity index (χ4n) is 3.43. The normalized spacial score (nSPS) is 29.9. The van der Waals surface area contributed by atoms with Crippen LogP contribution < -0.4 is 11.1 Å². The number of rotatable bonds is 6. The Morgan fingerprint density at radius 3 is 2.60 bits per heavy atom. The zero-order valence-corrected chi connectivity index (χ0v) is 13.4. The number of nitrogens with two attached hydrogens (primary N) is 1. The highest BCUT2D eigenvalue weighted by Crippen LogP contribution is 2.26. The first-order chi connectivity index (χ1) is 9.32. The topological polar surface area (TPSA) is 61.6 Å². The predicted molar refractivity (Wildman–Crippen MR) is 81.5 cm³/mol. The standard InChI is InChI=1S/C15H30N4O/c1-11(19-8-7-18(4)10-12(19)2)9-15(3,14(16)20)17-13-5-6-13/h11-13,17H,5-10H2,1-4H3,(H2,16,20). The summed E-state index contributed by atoms with van der Waals surface area (Å²) >= 11 is 0. The molecular formula is C15H30N4O. The molecule has 2 aliphatic rings. The minimum absolute atomic E-state index is 0.224. The number of carbonyl (C=O) groups excluding carboxylic acids is 1. The molecule has 20 heavy (non-hydrogen) atoms. The van der Waals surface area contributed by atoms with Gasteiger partial charge >= 0.3 is 0 Å². The van der Waals surface area contributed by atoms with Gasteiger partial charge in [0.25, 0.3) is 0 Å². The minimum Gasteiger partial charge on any atom is -0.368 e. The minimum atomic E-state index is -0.580. The van der Waals surface area contributed by atoms with Gasteiger partial charge in [0.15, 0.2) is 0 Å². The van der Waals surface area contributed by atoms with Gasteiger partial charge in [0.05, 0.1) is 5.54 Å². The molecule has 0 spiro atoms. The van der Waals surface area contributed by atoms with Crippen molar-refractivity contribution in [1.82, 2.24) is 15.1 Å². The Balaban J connectivity index is 1.96. The lowest BCUT2D eigenvalue weighted by molar-refractivity contribution is -0.125. The van der Waals surface area contributed by atoms with Crippen LogP contribution in [-0.4, -0.2) is 66.1 Å². The number of likely N-dealkylation sites (N-methyl/N-ethyl adjacent to an activating group) is 1. The molecule has 0 aromatic carbocycles. The molecule has 1 aliphatic carbocycles. The molecule has 1 aliphatic heterocycles. The monoisotopic (exact) mass is 282 g/mol. The molecule has 3 atom stereocenters. The third kappa shape index (κ3) is 3.71. The summed E-state index contributed by atoms with van der Waals surface area (Å²) in [6, 6.07) is 1.38. The second kappa shape index (κ2) is 6.00. The van der Waals surface area contributed by atoms with E-state index in [9.17, 15) is 4.79 Å². The highest BCUT2D eigenvalue weighted by atomic mass is 16.1. The molecule has 2 rings (SSSR count). The summed E-state index contributed by atoms with van der Waals surface area (Å²) in [7, 11) is 2.17. The van der Waals surface area contributed by atoms with Crippen LogP contribution in [0.2, 0.25) is 0 Å². The Bertz CT molecular complexity index is 358. The van der Waals surface area contributed by atoms with Crippen molar-refractivity contribution in [1.29, 1.82) is 0 Å². The predicted octanol–water partition coefficient (Wildman–Crippen LogP) is 0.397. The molecule has 2 fully saturated rings. The van der Waals surface area contributed by atoms with E-state index in [2.05, 4.69) is 36.0 Å². The second-order valence-electron chi connectivity index (χ2n) is 7.02. The molecular weight excluding hydrogens is 252 g/mol. The van der Waals surface area contributed by atoms with Crippen molar-refractivity contribution < 1.29 is 4.79 Å². The van der Waals surface area contributed by atoms with Gasteiger partial charge in [0, 0.05) is 37.8 Å². The molecule has 0 radical (unpaired) electrons. The van der Waals surface area contributed by atoms with E-state index in [-0.39, 0.29) is 5.91 Å². The van der Waals surface area contributed by atoms with E-state index in [0.29, 0.717) is 18.1 Å². The van der Waals surface area contributed by atoms with Crippen molar-refractivity contribution in [3.05, 3.63) is 0 Å². The Morgan fingerprint density at radius 1 is 1.45 bits per heavy atom. The van der Waals surface area contributed by atoms with E-state index in [1.165, 1.54) is 12.8 Å². The van der Waals surface area contributed by atoms with Crippen molar-refractivity contribution in [2.75, 3.05) is 26.7 Å². The van der Waals surface area contributed by atoms with Crippen LogP contribution in [0.1, 0.15) is 40.0 Å². The smallest absolute Gasteiger partial charge is 0.237 e. The van der Waals surface area contributed by atoms with Gasteiger partial charge in [-0.2, -0.15) is 0 Å². The fourth-order valence-corrected chi connectivity index (χ4v) is 3.43. The van der Waals surface area contributed by atoms with Gasteiger partial charge in [0.2, 0.25) is 5.91 Å². The van der Waals surface area contributed by atoms with Crippen LogP contribution in [-0.2, 0) is 4.79 Å². The van der Waals surface area contributed by atoms with E-state index >= 15 is 0 Å². The average Bonchev–Trinajstić information content (AvgIpc) is 3.11. The second-order valence-corrected chi connectivity index (χ2v) is 7.02. The van der Waals surface area contributed by atoms with E-state index < -0.39 is 5.54 Å². The van der Waals surface area contributed by atoms with Crippen LogP contribution in [0.25, 0.3) is 0 Å². The highest BCUT2D eigenvalue weighted by Gasteiger charge is 2.39. The van der Waals surface area contributed by atoms with Gasteiger partial charge in [-0.15, -0.1) is 0 Å². The molecule has 0 aromatic rings. The molecule has 1 heterocycles. The molecule has 1 saturated heterocycles. The molecule has 3 unspecified atom stereocenters. The molecule has 116 valence electrons. The van der Waals surface area contributed by atoms with Crippen molar-refractivity contribution in [2.24, 2.45) is 5.73 Å². The Morgan fingerprint density at radius 2 is 2.10 bits per heavy atom. The molecule has 0 aromatic heterocycles. The molecule has 1 saturated carbocycles. The zero-order chi connectivity index (χ0) is 14.9. The maximum absolute atomic E-state index is 11.9. The first-order valence-electron chi connectivity index (χ1n) is 7.84. The van der Waals surface area contributed by atoms with Crippen molar-refractivity contribution in [3.8, 4) is 0 Å². The summed E-state index contributed by atoms with van der Waals surface area (Å²) in [6.07, 6.45) is 3.12. The van der Waals surface area contributed by atoms with E-state index in [1.54, 1.807) is 0 Å². The summed E-state index contributed by atoms with van der Waals surface area (Å²) < 4.78 is 0. The third-order valence-electron chi connectivity index (χ3n) is 4.80. The van der Waals surface area contributed by atoms with Gasteiger partial charge in [-0.05, 0) is 47.1 Å². The number of carbonyl (C=O) groups is 1. The molecule has 0 bridgehead atoms. The first kappa shape index (κ1) is 15.7. The third-order valence-corrected chi connectivity index (χ3v) is 4.80. The molecule has 3 N–H and O–H groups in total. The first-order valence-corrected chi connectivity index (χ1v) is 7.84. The summed E-state index contributed by atoms with van der Waals surface area (Å²) in [5.41, 5.74) is 5.07. The lowest BCUT2D eigenvalue weighted by Gasteiger charge is -2.44. The van der Waals surface area contributed by atoms with Gasteiger partial charge in [-0.1, -0.05) is 0 Å². The van der Waals surface area contributed by atoms with Gasteiger partial charge in [-0.3, -0.25) is 9.69 Å². The zero-order valence-electron chi connectivity index (χ0n) is 13.4. The highest BCUT2D eigenvalue weighted by molar-refractivity contribution is 5.84. The largest absolute Gasteiger partial charge is 0.368 e.